The van der Waals surface area contributed by atoms with Gasteiger partial charge in [0, 0.05) is 14.1 Å². The van der Waals surface area contributed by atoms with Crippen molar-refractivity contribution < 1.29 is 14.4 Å². The maximum absolute atomic E-state index is 12.0. The summed E-state index contributed by atoms with van der Waals surface area (Å²) in [6, 6.07) is 6.81. The quantitative estimate of drug-likeness (QED) is 0.565. The van der Waals surface area contributed by atoms with Crippen molar-refractivity contribution in [2.24, 2.45) is 0 Å². The maximum atomic E-state index is 12.0. The van der Waals surface area contributed by atoms with Crippen LogP contribution >= 0.6 is 0 Å². The van der Waals surface area contributed by atoms with Gasteiger partial charge in [-0.3, -0.25) is 19.4 Å². The summed E-state index contributed by atoms with van der Waals surface area (Å²) < 4.78 is 0. The molecule has 1 aromatic carbocycles. The van der Waals surface area contributed by atoms with E-state index in [0.717, 1.165) is 20.9 Å². The number of urea groups is 1. The topological polar surface area (TPSA) is 57.7 Å². The minimum atomic E-state index is -0.615. The van der Waals surface area contributed by atoms with E-state index in [9.17, 15) is 14.4 Å². The van der Waals surface area contributed by atoms with Gasteiger partial charge < -0.3 is 0 Å². The predicted molar refractivity (Wildman–Crippen MR) is 70.1 cm³/mol. The number of barbiturate groups is 1. The van der Waals surface area contributed by atoms with E-state index in [2.05, 4.69) is 0 Å². The third kappa shape index (κ3) is 2.27. The van der Waals surface area contributed by atoms with E-state index in [0.29, 0.717) is 0 Å². The van der Waals surface area contributed by atoms with Crippen LogP contribution in [-0.2, 0) is 9.59 Å². The number of likely N-dealkylation sites (N-methyl/N-ethyl adjacent to an activating group) is 2. The van der Waals surface area contributed by atoms with Gasteiger partial charge in [0.2, 0.25) is 0 Å². The number of amides is 4. The summed E-state index contributed by atoms with van der Waals surface area (Å²) in [5.41, 5.74) is 1.83. The molecule has 0 radical (unpaired) electrons. The zero-order valence-corrected chi connectivity index (χ0v) is 11.0. The highest BCUT2D eigenvalue weighted by molar-refractivity contribution is 6.30. The van der Waals surface area contributed by atoms with E-state index >= 15 is 0 Å². The molecule has 0 saturated carbocycles. The van der Waals surface area contributed by atoms with Gasteiger partial charge in [-0.1, -0.05) is 29.8 Å². The average molecular weight is 258 g/mol. The third-order valence-corrected chi connectivity index (χ3v) is 3.03. The summed E-state index contributed by atoms with van der Waals surface area (Å²) in [6.45, 7) is 1.95. The van der Waals surface area contributed by atoms with E-state index in [4.69, 9.17) is 0 Å². The summed E-state index contributed by atoms with van der Waals surface area (Å²) in [5, 5.41) is 0. The van der Waals surface area contributed by atoms with Crippen LogP contribution in [0.1, 0.15) is 11.1 Å². The molecule has 1 aromatic rings. The highest BCUT2D eigenvalue weighted by atomic mass is 16.2. The largest absolute Gasteiger partial charge is 0.333 e. The first-order valence-electron chi connectivity index (χ1n) is 5.80. The van der Waals surface area contributed by atoms with Gasteiger partial charge in [0.05, 0.1) is 0 Å². The van der Waals surface area contributed by atoms with Crippen molar-refractivity contribution in [3.05, 3.63) is 41.0 Å². The Morgan fingerprint density at radius 1 is 0.895 bits per heavy atom. The second-order valence-corrected chi connectivity index (χ2v) is 4.48. The normalized spacial score (nSPS) is 16.2. The van der Waals surface area contributed by atoms with Crippen molar-refractivity contribution in [2.45, 2.75) is 6.92 Å². The van der Waals surface area contributed by atoms with E-state index in [1.807, 2.05) is 31.2 Å². The summed E-state index contributed by atoms with van der Waals surface area (Å²) in [6.07, 6.45) is 1.50. The lowest BCUT2D eigenvalue weighted by atomic mass is 10.1. The summed E-state index contributed by atoms with van der Waals surface area (Å²) in [4.78, 5) is 37.3. The molecular formula is C14H14N2O3. The molecule has 0 unspecified atom stereocenters. The first-order chi connectivity index (χ1) is 8.91. The number of benzene rings is 1. The molecule has 19 heavy (non-hydrogen) atoms. The summed E-state index contributed by atoms with van der Waals surface area (Å²) >= 11 is 0. The lowest BCUT2D eigenvalue weighted by molar-refractivity contribution is -0.134. The Hall–Kier alpha value is -2.43. The Morgan fingerprint density at radius 3 is 1.84 bits per heavy atom. The summed E-state index contributed by atoms with van der Waals surface area (Å²) in [7, 11) is 2.72. The van der Waals surface area contributed by atoms with Crippen LogP contribution in [0.2, 0.25) is 0 Å². The number of aryl methyl sites for hydroxylation is 1. The van der Waals surface area contributed by atoms with Crippen LogP contribution in [0.5, 0.6) is 0 Å². The molecule has 0 N–H and O–H groups in total. The smallest absolute Gasteiger partial charge is 0.268 e. The molecule has 1 aliphatic heterocycles. The Labute approximate surface area is 111 Å². The van der Waals surface area contributed by atoms with Crippen molar-refractivity contribution in [3.8, 4) is 0 Å². The van der Waals surface area contributed by atoms with Crippen molar-refractivity contribution in [1.82, 2.24) is 9.80 Å². The van der Waals surface area contributed by atoms with Crippen molar-refractivity contribution >= 4 is 23.9 Å². The maximum Gasteiger partial charge on any atom is 0.333 e. The zero-order valence-electron chi connectivity index (χ0n) is 11.0. The second kappa shape index (κ2) is 4.68. The molecule has 98 valence electrons. The molecule has 5 nitrogen and oxygen atoms in total. The molecular weight excluding hydrogens is 244 g/mol. The molecule has 1 aliphatic rings. The fraction of sp³-hybridized carbons (Fsp3) is 0.214. The van der Waals surface area contributed by atoms with Crippen molar-refractivity contribution in [2.75, 3.05) is 14.1 Å². The molecule has 5 heteroatoms. The van der Waals surface area contributed by atoms with Crippen LogP contribution < -0.4 is 0 Å². The molecule has 0 bridgehead atoms. The highest BCUT2D eigenvalue weighted by Gasteiger charge is 2.37. The first kappa shape index (κ1) is 13.0. The van der Waals surface area contributed by atoms with E-state index in [-0.39, 0.29) is 5.57 Å². The van der Waals surface area contributed by atoms with Gasteiger partial charge in [0.25, 0.3) is 11.8 Å². The minimum absolute atomic E-state index is 0.00606. The number of nitrogens with zero attached hydrogens (tertiary/aromatic N) is 2. The number of hydrogen-bond acceptors (Lipinski definition) is 3. The number of rotatable bonds is 1. The van der Waals surface area contributed by atoms with E-state index in [1.165, 1.54) is 20.2 Å². The molecule has 0 aromatic heterocycles. The second-order valence-electron chi connectivity index (χ2n) is 4.48. The van der Waals surface area contributed by atoms with Gasteiger partial charge in [0.15, 0.2) is 0 Å². The van der Waals surface area contributed by atoms with E-state index < -0.39 is 17.8 Å². The molecule has 0 atom stereocenters. The fourth-order valence-electron chi connectivity index (χ4n) is 1.80. The predicted octanol–water partition coefficient (Wildman–Crippen LogP) is 1.43. The molecule has 0 aliphatic carbocycles. The van der Waals surface area contributed by atoms with Gasteiger partial charge in [-0.05, 0) is 18.6 Å². The van der Waals surface area contributed by atoms with Crippen LogP contribution in [0.25, 0.3) is 6.08 Å². The van der Waals surface area contributed by atoms with Crippen LogP contribution in [0.15, 0.2) is 29.8 Å². The number of hydrogen-bond donors (Lipinski definition) is 0. The minimum Gasteiger partial charge on any atom is -0.268 e. The van der Waals surface area contributed by atoms with Gasteiger partial charge in [-0.15, -0.1) is 0 Å². The molecule has 2 rings (SSSR count). The summed E-state index contributed by atoms with van der Waals surface area (Å²) in [5.74, 6) is -1.15. The van der Waals surface area contributed by atoms with E-state index in [1.54, 1.807) is 0 Å². The highest BCUT2D eigenvalue weighted by Crippen LogP contribution is 2.17. The standard InChI is InChI=1S/C14H14N2O3/c1-9-4-6-10(7-5-9)8-11-12(17)15(2)14(19)16(3)13(11)18/h4-8H,1-3H3. The van der Waals surface area contributed by atoms with Gasteiger partial charge in [-0.25, -0.2) is 4.79 Å². The number of imide groups is 2. The third-order valence-electron chi connectivity index (χ3n) is 3.03. The average Bonchev–Trinajstić information content (AvgIpc) is 2.41. The molecule has 4 amide bonds. The van der Waals surface area contributed by atoms with Crippen LogP contribution in [0.3, 0.4) is 0 Å². The molecule has 1 saturated heterocycles. The Balaban J connectivity index is 2.42. The molecule has 0 spiro atoms. The lowest BCUT2D eigenvalue weighted by Gasteiger charge is -2.28. The molecule has 1 fully saturated rings. The van der Waals surface area contributed by atoms with Crippen LogP contribution in [0, 0.1) is 6.92 Å². The monoisotopic (exact) mass is 258 g/mol. The Bertz CT molecular complexity index is 561. The zero-order chi connectivity index (χ0) is 14.2. The Kier molecular flexibility index (Phi) is 3.21. The lowest BCUT2D eigenvalue weighted by Crippen LogP contribution is -2.52. The van der Waals surface area contributed by atoms with Crippen molar-refractivity contribution in [3.63, 3.8) is 0 Å². The fourth-order valence-corrected chi connectivity index (χ4v) is 1.80. The first-order valence-corrected chi connectivity index (χ1v) is 5.80. The molecule has 1 heterocycles. The van der Waals surface area contributed by atoms with Gasteiger partial charge in [-0.2, -0.15) is 0 Å². The number of carbonyl (C=O) groups is 3. The van der Waals surface area contributed by atoms with Gasteiger partial charge >= 0.3 is 6.03 Å². The number of carbonyl (C=O) groups excluding carboxylic acids is 3. The SMILES string of the molecule is Cc1ccc(C=C2C(=O)N(C)C(=O)N(C)C2=O)cc1. The Morgan fingerprint density at radius 2 is 1.37 bits per heavy atom. The van der Waals surface area contributed by atoms with Crippen molar-refractivity contribution in [1.29, 1.82) is 0 Å². The van der Waals surface area contributed by atoms with Crippen LogP contribution in [-0.4, -0.2) is 41.7 Å². The van der Waals surface area contributed by atoms with Gasteiger partial charge in [0.1, 0.15) is 5.57 Å². The van der Waals surface area contributed by atoms with Crippen LogP contribution in [0.4, 0.5) is 4.79 Å².